The van der Waals surface area contributed by atoms with Crippen LogP contribution in [-0.2, 0) is 15.3 Å². The molecule has 0 amide bonds. The van der Waals surface area contributed by atoms with Gasteiger partial charge >= 0.3 is 0 Å². The second kappa shape index (κ2) is 8.98. The monoisotopic (exact) mass is 508 g/mol. The van der Waals surface area contributed by atoms with Crippen molar-refractivity contribution < 1.29 is 8.42 Å². The molecule has 1 aromatic heterocycles. The molecule has 0 atom stereocenters. The molecule has 2 aromatic carbocycles. The van der Waals surface area contributed by atoms with Gasteiger partial charge in [0.2, 0.25) is 0 Å². The van der Waals surface area contributed by atoms with Crippen LogP contribution in [0, 0.1) is 0 Å². The fourth-order valence-electron chi connectivity index (χ4n) is 3.89. The summed E-state index contributed by atoms with van der Waals surface area (Å²) < 4.78 is 26.4. The minimum atomic E-state index is -3.35. The zero-order valence-electron chi connectivity index (χ0n) is 18.3. The van der Waals surface area contributed by atoms with E-state index in [2.05, 4.69) is 25.7 Å². The highest BCUT2D eigenvalue weighted by atomic mass is 35.5. The van der Waals surface area contributed by atoms with Gasteiger partial charge in [-0.1, -0.05) is 62.2 Å². The molecule has 0 radical (unpaired) electrons. The molecule has 0 saturated carbocycles. The number of aromatic nitrogens is 1. The zero-order chi connectivity index (χ0) is 23.1. The number of piperidine rings is 1. The number of sulfone groups is 1. The second-order valence-electron chi connectivity index (χ2n) is 9.15. The van der Waals surface area contributed by atoms with Crippen molar-refractivity contribution in [3.05, 3.63) is 63.5 Å². The molecule has 3 aromatic rings. The van der Waals surface area contributed by atoms with E-state index < -0.39 is 9.84 Å². The number of hydrogen-bond acceptors (Lipinski definition) is 5. The first kappa shape index (κ1) is 23.6. The summed E-state index contributed by atoms with van der Waals surface area (Å²) in [6.45, 7) is 7.70. The first-order valence-corrected chi connectivity index (χ1v) is 13.7. The second-order valence-corrected chi connectivity index (χ2v) is 13.0. The fraction of sp³-hybridized carbons (Fsp3) is 0.375. The quantitative estimate of drug-likeness (QED) is 0.386. The van der Waals surface area contributed by atoms with Crippen LogP contribution in [0.4, 0.5) is 5.13 Å². The van der Waals surface area contributed by atoms with Crippen molar-refractivity contribution >= 4 is 49.5 Å². The van der Waals surface area contributed by atoms with Gasteiger partial charge in [0.1, 0.15) is 0 Å². The van der Waals surface area contributed by atoms with Crippen LogP contribution in [0.1, 0.15) is 39.2 Å². The van der Waals surface area contributed by atoms with Crippen LogP contribution >= 0.6 is 34.5 Å². The van der Waals surface area contributed by atoms with Crippen LogP contribution in [0.25, 0.3) is 11.3 Å². The van der Waals surface area contributed by atoms with E-state index in [1.54, 1.807) is 29.5 Å². The number of halogens is 2. The molecule has 1 fully saturated rings. The van der Waals surface area contributed by atoms with Crippen molar-refractivity contribution in [2.75, 3.05) is 18.0 Å². The summed E-state index contributed by atoms with van der Waals surface area (Å²) in [5.74, 6) is 0. The zero-order valence-corrected chi connectivity index (χ0v) is 21.5. The SMILES string of the molecule is CC(C)(C)c1ccc(S(=O)(=O)C2CCN(c3nc(-c4ccc(Cl)c(Cl)c4)cs3)CC2)cc1. The molecule has 0 spiro atoms. The Kier molecular flexibility index (Phi) is 6.61. The Morgan fingerprint density at radius 3 is 2.25 bits per heavy atom. The van der Waals surface area contributed by atoms with Gasteiger partial charge < -0.3 is 4.90 Å². The maximum Gasteiger partial charge on any atom is 0.185 e. The molecule has 0 aliphatic carbocycles. The van der Waals surface area contributed by atoms with Crippen LogP contribution in [0.5, 0.6) is 0 Å². The highest BCUT2D eigenvalue weighted by Crippen LogP contribution is 2.34. The van der Waals surface area contributed by atoms with Crippen LogP contribution in [0.3, 0.4) is 0 Å². The lowest BCUT2D eigenvalue weighted by Crippen LogP contribution is -2.39. The van der Waals surface area contributed by atoms with E-state index in [1.807, 2.05) is 29.6 Å². The van der Waals surface area contributed by atoms with Crippen molar-refractivity contribution in [2.45, 2.75) is 49.2 Å². The van der Waals surface area contributed by atoms with E-state index in [0.717, 1.165) is 22.0 Å². The van der Waals surface area contributed by atoms with Gasteiger partial charge in [0.25, 0.3) is 0 Å². The van der Waals surface area contributed by atoms with Gasteiger partial charge in [0.05, 0.1) is 25.9 Å². The molecule has 2 heterocycles. The minimum absolute atomic E-state index is 0.00244. The summed E-state index contributed by atoms with van der Waals surface area (Å²) in [4.78, 5) is 7.33. The maximum absolute atomic E-state index is 13.2. The summed E-state index contributed by atoms with van der Waals surface area (Å²) in [6.07, 6.45) is 1.18. The Hall–Kier alpha value is -1.60. The molecule has 8 heteroatoms. The van der Waals surface area contributed by atoms with Crippen LogP contribution in [-0.4, -0.2) is 31.7 Å². The molecule has 4 rings (SSSR count). The maximum atomic E-state index is 13.2. The van der Waals surface area contributed by atoms with E-state index in [9.17, 15) is 8.42 Å². The predicted octanol–water partition coefficient (Wildman–Crippen LogP) is 6.86. The Balaban J connectivity index is 1.44. The third-order valence-electron chi connectivity index (χ3n) is 5.91. The standard InChI is InChI=1S/C24H26Cl2N2O2S2/c1-24(2,3)17-5-7-18(8-6-17)32(29,30)19-10-12-28(13-11-19)23-27-22(15-31-23)16-4-9-20(25)21(26)14-16/h4-9,14-15,19H,10-13H2,1-3H3. The van der Waals surface area contributed by atoms with Gasteiger partial charge in [0, 0.05) is 24.0 Å². The smallest absolute Gasteiger partial charge is 0.185 e. The van der Waals surface area contributed by atoms with Gasteiger partial charge in [-0.05, 0) is 48.1 Å². The van der Waals surface area contributed by atoms with Gasteiger partial charge in [0.15, 0.2) is 15.0 Å². The number of rotatable bonds is 4. The number of hydrogen-bond donors (Lipinski definition) is 0. The normalized spacial score (nSPS) is 15.8. The van der Waals surface area contributed by atoms with Crippen molar-refractivity contribution in [3.8, 4) is 11.3 Å². The van der Waals surface area contributed by atoms with E-state index in [-0.39, 0.29) is 10.7 Å². The average Bonchev–Trinajstić information content (AvgIpc) is 3.25. The largest absolute Gasteiger partial charge is 0.348 e. The molecule has 0 bridgehead atoms. The first-order chi connectivity index (χ1) is 15.1. The van der Waals surface area contributed by atoms with Crippen molar-refractivity contribution in [2.24, 2.45) is 0 Å². The van der Waals surface area contributed by atoms with Crippen molar-refractivity contribution in [3.63, 3.8) is 0 Å². The van der Waals surface area contributed by atoms with Gasteiger partial charge in [-0.25, -0.2) is 13.4 Å². The molecular weight excluding hydrogens is 483 g/mol. The first-order valence-electron chi connectivity index (χ1n) is 10.6. The molecule has 170 valence electrons. The lowest BCUT2D eigenvalue weighted by atomic mass is 9.87. The third kappa shape index (κ3) is 4.84. The predicted molar refractivity (Wildman–Crippen MR) is 135 cm³/mol. The summed E-state index contributed by atoms with van der Waals surface area (Å²) in [5.41, 5.74) is 2.89. The van der Waals surface area contributed by atoms with E-state index in [4.69, 9.17) is 28.2 Å². The van der Waals surface area contributed by atoms with Gasteiger partial charge in [-0.3, -0.25) is 0 Å². The molecule has 1 aliphatic heterocycles. The van der Waals surface area contributed by atoms with E-state index in [1.165, 1.54) is 0 Å². The van der Waals surface area contributed by atoms with Crippen molar-refractivity contribution in [1.29, 1.82) is 0 Å². The fourth-order valence-corrected chi connectivity index (χ4v) is 6.81. The molecule has 1 saturated heterocycles. The van der Waals surface area contributed by atoms with Crippen molar-refractivity contribution in [1.82, 2.24) is 4.98 Å². The summed E-state index contributed by atoms with van der Waals surface area (Å²) in [6, 6.07) is 12.9. The summed E-state index contributed by atoms with van der Waals surface area (Å²) in [7, 11) is -3.35. The molecular formula is C24H26Cl2N2O2S2. The lowest BCUT2D eigenvalue weighted by molar-refractivity contribution is 0.529. The highest BCUT2D eigenvalue weighted by Gasteiger charge is 2.32. The molecule has 0 N–H and O–H groups in total. The number of anilines is 1. The average molecular weight is 510 g/mol. The third-order valence-corrected chi connectivity index (χ3v) is 9.83. The van der Waals surface area contributed by atoms with Gasteiger partial charge in [-0.15, -0.1) is 11.3 Å². The van der Waals surface area contributed by atoms with Crippen LogP contribution < -0.4 is 4.90 Å². The Morgan fingerprint density at radius 2 is 1.66 bits per heavy atom. The van der Waals surface area contributed by atoms with Gasteiger partial charge in [-0.2, -0.15) is 0 Å². The summed E-state index contributed by atoms with van der Waals surface area (Å²) >= 11 is 13.7. The topological polar surface area (TPSA) is 50.3 Å². The molecule has 4 nitrogen and oxygen atoms in total. The number of thiazole rings is 1. The minimum Gasteiger partial charge on any atom is -0.348 e. The molecule has 0 unspecified atom stereocenters. The molecule has 1 aliphatic rings. The summed E-state index contributed by atoms with van der Waals surface area (Å²) in [5, 5.41) is 3.54. The lowest BCUT2D eigenvalue weighted by Gasteiger charge is -2.31. The Bertz CT molecular complexity index is 1210. The Morgan fingerprint density at radius 1 is 1.00 bits per heavy atom. The van der Waals surface area contributed by atoms with E-state index in [0.29, 0.717) is 40.9 Å². The Labute approximate surface area is 204 Å². The number of nitrogens with zero attached hydrogens (tertiary/aromatic N) is 2. The molecule has 32 heavy (non-hydrogen) atoms. The number of benzene rings is 2. The highest BCUT2D eigenvalue weighted by molar-refractivity contribution is 7.92. The van der Waals surface area contributed by atoms with Crippen LogP contribution in [0.2, 0.25) is 10.0 Å². The van der Waals surface area contributed by atoms with Crippen LogP contribution in [0.15, 0.2) is 52.7 Å². The van der Waals surface area contributed by atoms with E-state index >= 15 is 0 Å².